The van der Waals surface area contributed by atoms with Gasteiger partial charge >= 0.3 is 0 Å². The molecular weight excluding hydrogens is 198 g/mol. The molecule has 0 atom stereocenters. The molecule has 0 fully saturated rings. The number of hydrogen-bond acceptors (Lipinski definition) is 2. The van der Waals surface area contributed by atoms with Crippen LogP contribution in [0.2, 0.25) is 0 Å². The molecule has 0 spiro atoms. The van der Waals surface area contributed by atoms with Crippen molar-refractivity contribution in [1.29, 1.82) is 0 Å². The second-order valence-electron chi connectivity index (χ2n) is 4.31. The van der Waals surface area contributed by atoms with Gasteiger partial charge in [-0.3, -0.25) is 4.68 Å². The van der Waals surface area contributed by atoms with Crippen LogP contribution in [0.25, 0.3) is 0 Å². The summed E-state index contributed by atoms with van der Waals surface area (Å²) in [5, 5.41) is 7.84. The van der Waals surface area contributed by atoms with Gasteiger partial charge in [0.1, 0.15) is 5.82 Å². The normalized spacial score (nSPS) is 10.6. The highest BCUT2D eigenvalue weighted by Crippen LogP contribution is 2.05. The Hall–Kier alpha value is -0.990. The molecule has 0 radical (unpaired) electrons. The molecule has 0 unspecified atom stereocenters. The maximum absolute atomic E-state index is 4.49. The second-order valence-corrected chi connectivity index (χ2v) is 4.31. The molecule has 0 amide bonds. The molecule has 1 rings (SSSR count). The Balaban J connectivity index is 2.17. The molecule has 3 nitrogen and oxygen atoms in total. The van der Waals surface area contributed by atoms with Gasteiger partial charge in [0.05, 0.1) is 0 Å². The molecule has 0 aliphatic carbocycles. The molecule has 0 saturated heterocycles. The van der Waals surface area contributed by atoms with Gasteiger partial charge in [-0.15, -0.1) is 0 Å². The number of aryl methyl sites for hydroxylation is 1. The molecule has 1 aromatic rings. The Kier molecular flexibility index (Phi) is 6.70. The summed E-state index contributed by atoms with van der Waals surface area (Å²) >= 11 is 0. The lowest BCUT2D eigenvalue weighted by Gasteiger charge is -2.02. The van der Waals surface area contributed by atoms with Gasteiger partial charge in [0.2, 0.25) is 0 Å². The first kappa shape index (κ1) is 13.1. The van der Waals surface area contributed by atoms with Crippen LogP contribution in [-0.2, 0) is 6.54 Å². The topological polar surface area (TPSA) is 29.9 Å². The fourth-order valence-electron chi connectivity index (χ4n) is 1.70. The van der Waals surface area contributed by atoms with Crippen molar-refractivity contribution >= 4 is 5.82 Å². The van der Waals surface area contributed by atoms with Crippen LogP contribution < -0.4 is 5.32 Å². The standard InChI is InChI=1S/C13H25N3/c1-3-5-7-10-14-13-9-12-16(15-13)11-8-6-4-2/h9,12H,3-8,10-11H2,1-2H3,(H,14,15). The van der Waals surface area contributed by atoms with Crippen molar-refractivity contribution in [2.45, 2.75) is 58.9 Å². The number of anilines is 1. The largest absolute Gasteiger partial charge is 0.369 e. The fourth-order valence-corrected chi connectivity index (χ4v) is 1.70. The van der Waals surface area contributed by atoms with Crippen molar-refractivity contribution in [3.63, 3.8) is 0 Å². The van der Waals surface area contributed by atoms with Gasteiger partial charge in [-0.25, -0.2) is 0 Å². The van der Waals surface area contributed by atoms with E-state index in [1.54, 1.807) is 0 Å². The van der Waals surface area contributed by atoms with E-state index in [4.69, 9.17) is 0 Å². The van der Waals surface area contributed by atoms with Gasteiger partial charge in [-0.05, 0) is 12.8 Å². The maximum Gasteiger partial charge on any atom is 0.147 e. The van der Waals surface area contributed by atoms with Crippen LogP contribution in [0.1, 0.15) is 52.4 Å². The van der Waals surface area contributed by atoms with Crippen LogP contribution in [0.4, 0.5) is 5.82 Å². The molecule has 1 heterocycles. The molecule has 0 bridgehead atoms. The summed E-state index contributed by atoms with van der Waals surface area (Å²) < 4.78 is 2.04. The van der Waals surface area contributed by atoms with Gasteiger partial charge in [0, 0.05) is 25.4 Å². The van der Waals surface area contributed by atoms with E-state index < -0.39 is 0 Å². The van der Waals surface area contributed by atoms with Crippen LogP contribution >= 0.6 is 0 Å². The minimum Gasteiger partial charge on any atom is -0.369 e. The Morgan fingerprint density at radius 3 is 2.62 bits per heavy atom. The van der Waals surface area contributed by atoms with Crippen LogP contribution in [0.3, 0.4) is 0 Å². The summed E-state index contributed by atoms with van der Waals surface area (Å²) in [4.78, 5) is 0. The number of unbranched alkanes of at least 4 members (excludes halogenated alkanes) is 4. The summed E-state index contributed by atoms with van der Waals surface area (Å²) in [7, 11) is 0. The molecular formula is C13H25N3. The van der Waals surface area contributed by atoms with Gasteiger partial charge in [0.25, 0.3) is 0 Å². The zero-order valence-electron chi connectivity index (χ0n) is 10.7. The first-order valence-corrected chi connectivity index (χ1v) is 6.64. The average molecular weight is 223 g/mol. The van der Waals surface area contributed by atoms with Gasteiger partial charge in [0.15, 0.2) is 0 Å². The Morgan fingerprint density at radius 2 is 1.88 bits per heavy atom. The van der Waals surface area contributed by atoms with E-state index in [1.165, 1.54) is 38.5 Å². The first-order valence-electron chi connectivity index (χ1n) is 6.64. The number of hydrogen-bond donors (Lipinski definition) is 1. The fraction of sp³-hybridized carbons (Fsp3) is 0.769. The van der Waals surface area contributed by atoms with Gasteiger partial charge in [-0.2, -0.15) is 5.10 Å². The highest BCUT2D eigenvalue weighted by molar-refractivity contribution is 5.31. The van der Waals surface area contributed by atoms with E-state index in [0.717, 1.165) is 18.9 Å². The van der Waals surface area contributed by atoms with Gasteiger partial charge in [-0.1, -0.05) is 39.5 Å². The van der Waals surface area contributed by atoms with E-state index in [-0.39, 0.29) is 0 Å². The lowest BCUT2D eigenvalue weighted by atomic mass is 10.2. The van der Waals surface area contributed by atoms with Crippen molar-refractivity contribution < 1.29 is 0 Å². The van der Waals surface area contributed by atoms with E-state index in [1.807, 2.05) is 4.68 Å². The van der Waals surface area contributed by atoms with Crippen LogP contribution in [0, 0.1) is 0 Å². The van der Waals surface area contributed by atoms with Crippen molar-refractivity contribution in [3.05, 3.63) is 12.3 Å². The highest BCUT2D eigenvalue weighted by Gasteiger charge is 1.97. The molecule has 16 heavy (non-hydrogen) atoms. The number of rotatable bonds is 9. The van der Waals surface area contributed by atoms with Crippen molar-refractivity contribution in [2.24, 2.45) is 0 Å². The second kappa shape index (κ2) is 8.20. The molecule has 0 aliphatic heterocycles. The van der Waals surface area contributed by atoms with E-state index in [0.29, 0.717) is 0 Å². The zero-order valence-corrected chi connectivity index (χ0v) is 10.7. The lowest BCUT2D eigenvalue weighted by molar-refractivity contribution is 0.554. The lowest BCUT2D eigenvalue weighted by Crippen LogP contribution is -2.04. The highest BCUT2D eigenvalue weighted by atomic mass is 15.3. The Labute approximate surface area is 99.2 Å². The third-order valence-electron chi connectivity index (χ3n) is 2.72. The smallest absolute Gasteiger partial charge is 0.147 e. The number of nitrogens with one attached hydrogen (secondary N) is 1. The van der Waals surface area contributed by atoms with Crippen LogP contribution in [-0.4, -0.2) is 16.3 Å². The minimum absolute atomic E-state index is 1.02. The Bertz CT molecular complexity index is 268. The summed E-state index contributed by atoms with van der Waals surface area (Å²) in [6.45, 7) is 6.54. The molecule has 1 N–H and O–H groups in total. The number of nitrogens with zero attached hydrogens (tertiary/aromatic N) is 2. The molecule has 0 saturated carbocycles. The van der Waals surface area contributed by atoms with E-state index >= 15 is 0 Å². The molecule has 0 aliphatic rings. The Morgan fingerprint density at radius 1 is 1.12 bits per heavy atom. The molecule has 0 aromatic carbocycles. The van der Waals surface area contributed by atoms with Crippen LogP contribution in [0.5, 0.6) is 0 Å². The average Bonchev–Trinajstić information content (AvgIpc) is 2.73. The first-order chi connectivity index (χ1) is 7.86. The predicted molar refractivity (Wildman–Crippen MR) is 69.8 cm³/mol. The summed E-state index contributed by atoms with van der Waals surface area (Å²) in [6, 6.07) is 2.07. The molecule has 1 aromatic heterocycles. The van der Waals surface area contributed by atoms with Crippen molar-refractivity contribution in [1.82, 2.24) is 9.78 Å². The van der Waals surface area contributed by atoms with Gasteiger partial charge < -0.3 is 5.32 Å². The monoisotopic (exact) mass is 223 g/mol. The third-order valence-corrected chi connectivity index (χ3v) is 2.72. The van der Waals surface area contributed by atoms with Crippen LogP contribution in [0.15, 0.2) is 12.3 Å². The summed E-state index contributed by atoms with van der Waals surface area (Å²) in [5.41, 5.74) is 0. The molecule has 92 valence electrons. The van der Waals surface area contributed by atoms with Crippen molar-refractivity contribution in [3.8, 4) is 0 Å². The number of aromatic nitrogens is 2. The summed E-state index contributed by atoms with van der Waals surface area (Å²) in [5.74, 6) is 1.02. The minimum atomic E-state index is 1.02. The summed E-state index contributed by atoms with van der Waals surface area (Å²) in [6.07, 6.45) is 9.66. The third kappa shape index (κ3) is 5.19. The maximum atomic E-state index is 4.49. The quantitative estimate of drug-likeness (QED) is 0.647. The molecule has 3 heteroatoms. The van der Waals surface area contributed by atoms with E-state index in [9.17, 15) is 0 Å². The zero-order chi connectivity index (χ0) is 11.6. The predicted octanol–water partition coefficient (Wildman–Crippen LogP) is 3.68. The van der Waals surface area contributed by atoms with E-state index in [2.05, 4.69) is 36.5 Å². The SMILES string of the molecule is CCCCCNc1ccn(CCCCC)n1. The van der Waals surface area contributed by atoms with Crippen molar-refractivity contribution in [2.75, 3.05) is 11.9 Å².